The predicted octanol–water partition coefficient (Wildman–Crippen LogP) is 2.43. The molecule has 0 N–H and O–H groups in total. The minimum Gasteiger partial charge on any atom is -0.461 e. The Morgan fingerprint density at radius 1 is 1.50 bits per heavy atom. The molecular weight excluding hydrogens is 224 g/mol. The molecule has 2 aromatic heterocycles. The molecule has 0 aliphatic heterocycles. The van der Waals surface area contributed by atoms with Crippen molar-refractivity contribution >= 4 is 27.7 Å². The van der Waals surface area contributed by atoms with E-state index in [9.17, 15) is 4.79 Å². The first-order valence-electron chi connectivity index (χ1n) is 5.15. The van der Waals surface area contributed by atoms with Gasteiger partial charge in [-0.15, -0.1) is 11.3 Å². The summed E-state index contributed by atoms with van der Waals surface area (Å²) in [5.74, 6) is -0.273. The molecule has 0 aromatic carbocycles. The number of aromatic nitrogens is 2. The van der Waals surface area contributed by atoms with Gasteiger partial charge in [0.25, 0.3) is 0 Å². The van der Waals surface area contributed by atoms with Gasteiger partial charge in [0.05, 0.1) is 11.6 Å². The summed E-state index contributed by atoms with van der Waals surface area (Å²) in [4.78, 5) is 17.2. The third-order valence-electron chi connectivity index (χ3n) is 2.54. The number of thiazole rings is 1. The number of esters is 1. The summed E-state index contributed by atoms with van der Waals surface area (Å²) in [6, 6.07) is 0. The number of carbonyl (C=O) groups is 1. The zero-order chi connectivity index (χ0) is 11.9. The van der Waals surface area contributed by atoms with Crippen LogP contribution in [0.25, 0.3) is 10.3 Å². The Labute approximate surface area is 97.9 Å². The molecule has 0 aliphatic carbocycles. The van der Waals surface area contributed by atoms with Crippen LogP contribution in [0.2, 0.25) is 0 Å². The topological polar surface area (TPSA) is 44.1 Å². The highest BCUT2D eigenvalue weighted by atomic mass is 32.1. The highest BCUT2D eigenvalue weighted by Gasteiger charge is 2.21. The number of rotatable bonds is 2. The maximum absolute atomic E-state index is 11.8. The largest absolute Gasteiger partial charge is 0.461 e. The Morgan fingerprint density at radius 3 is 2.75 bits per heavy atom. The molecule has 16 heavy (non-hydrogen) atoms. The van der Waals surface area contributed by atoms with Crippen LogP contribution in [0.3, 0.4) is 0 Å². The summed E-state index contributed by atoms with van der Waals surface area (Å²) in [6.07, 6.45) is 0. The van der Waals surface area contributed by atoms with Crippen LogP contribution in [0.1, 0.15) is 28.0 Å². The molecule has 2 heterocycles. The first-order valence-corrected chi connectivity index (χ1v) is 5.97. The highest BCUT2D eigenvalue weighted by molar-refractivity contribution is 7.18. The summed E-state index contributed by atoms with van der Waals surface area (Å²) in [5.41, 5.74) is 2.42. The monoisotopic (exact) mass is 238 g/mol. The van der Waals surface area contributed by atoms with Gasteiger partial charge in [0.15, 0.2) is 0 Å². The minimum absolute atomic E-state index is 0.273. The lowest BCUT2D eigenvalue weighted by molar-refractivity contribution is 0.0515. The van der Waals surface area contributed by atoms with E-state index in [1.807, 2.05) is 25.5 Å². The summed E-state index contributed by atoms with van der Waals surface area (Å²) in [5, 5.41) is 1.01. The Morgan fingerprint density at radius 2 is 2.19 bits per heavy atom. The van der Waals surface area contributed by atoms with Gasteiger partial charge in [-0.05, 0) is 20.8 Å². The van der Waals surface area contributed by atoms with E-state index in [0.717, 1.165) is 20.9 Å². The molecule has 0 radical (unpaired) electrons. The van der Waals surface area contributed by atoms with Gasteiger partial charge < -0.3 is 9.30 Å². The van der Waals surface area contributed by atoms with Crippen molar-refractivity contribution in [1.29, 1.82) is 0 Å². The Bertz CT molecular complexity index is 516. The lowest BCUT2D eigenvalue weighted by atomic mass is 10.2. The molecule has 0 saturated heterocycles. The van der Waals surface area contributed by atoms with E-state index in [0.29, 0.717) is 12.3 Å². The quantitative estimate of drug-likeness (QED) is 0.755. The van der Waals surface area contributed by atoms with E-state index in [1.54, 1.807) is 18.3 Å². The van der Waals surface area contributed by atoms with Gasteiger partial charge in [-0.25, -0.2) is 9.78 Å². The van der Waals surface area contributed by atoms with Crippen LogP contribution >= 0.6 is 11.3 Å². The van der Waals surface area contributed by atoms with Crippen molar-refractivity contribution < 1.29 is 9.53 Å². The molecule has 4 nitrogen and oxygen atoms in total. The minimum atomic E-state index is -0.273. The van der Waals surface area contributed by atoms with Crippen LogP contribution in [0.4, 0.5) is 0 Å². The zero-order valence-electron chi connectivity index (χ0n) is 9.83. The van der Waals surface area contributed by atoms with Crippen molar-refractivity contribution in [2.45, 2.75) is 20.8 Å². The van der Waals surface area contributed by atoms with Crippen LogP contribution in [-0.4, -0.2) is 22.1 Å². The van der Waals surface area contributed by atoms with Crippen molar-refractivity contribution in [3.8, 4) is 0 Å². The maximum atomic E-state index is 11.8. The van der Waals surface area contributed by atoms with Crippen molar-refractivity contribution in [2.75, 3.05) is 6.61 Å². The third-order valence-corrected chi connectivity index (χ3v) is 3.58. The second kappa shape index (κ2) is 3.90. The molecule has 0 spiro atoms. The zero-order valence-corrected chi connectivity index (χ0v) is 10.6. The van der Waals surface area contributed by atoms with Crippen molar-refractivity contribution in [1.82, 2.24) is 9.55 Å². The number of carbonyl (C=O) groups excluding carboxylic acids is 1. The molecule has 86 valence electrons. The van der Waals surface area contributed by atoms with Crippen LogP contribution in [0, 0.1) is 13.8 Å². The maximum Gasteiger partial charge on any atom is 0.355 e. The van der Waals surface area contributed by atoms with Gasteiger partial charge >= 0.3 is 5.97 Å². The number of aryl methyl sites for hydroxylation is 3. The number of fused-ring (bicyclic) bond motifs is 1. The van der Waals surface area contributed by atoms with Gasteiger partial charge in [0.1, 0.15) is 16.0 Å². The fourth-order valence-corrected chi connectivity index (χ4v) is 2.78. The molecule has 0 amide bonds. The normalized spacial score (nSPS) is 11.0. The molecule has 0 unspecified atom stereocenters. The second-order valence-electron chi connectivity index (χ2n) is 3.64. The standard InChI is InChI=1S/C11H14N2O2S/c1-5-15-11(14)9-6(2)8-10(13(9)4)16-7(3)12-8/h5H2,1-4H3. The fourth-order valence-electron chi connectivity index (χ4n) is 1.84. The Balaban J connectivity index is 2.62. The molecular formula is C11H14N2O2S. The second-order valence-corrected chi connectivity index (χ2v) is 4.82. The average Bonchev–Trinajstić information content (AvgIpc) is 2.68. The van der Waals surface area contributed by atoms with Crippen molar-refractivity contribution in [2.24, 2.45) is 7.05 Å². The summed E-state index contributed by atoms with van der Waals surface area (Å²) in [7, 11) is 1.87. The van der Waals surface area contributed by atoms with Gasteiger partial charge in [0, 0.05) is 12.6 Å². The number of nitrogens with zero attached hydrogens (tertiary/aromatic N) is 2. The molecule has 0 atom stereocenters. The van der Waals surface area contributed by atoms with Gasteiger partial charge in [-0.1, -0.05) is 0 Å². The molecule has 0 saturated carbocycles. The van der Waals surface area contributed by atoms with E-state index < -0.39 is 0 Å². The van der Waals surface area contributed by atoms with Crippen molar-refractivity contribution in [3.63, 3.8) is 0 Å². The predicted molar refractivity (Wildman–Crippen MR) is 64.0 cm³/mol. The van der Waals surface area contributed by atoms with Gasteiger partial charge in [0.2, 0.25) is 0 Å². The summed E-state index contributed by atoms with van der Waals surface area (Å²) >= 11 is 1.59. The fraction of sp³-hybridized carbons (Fsp3) is 0.455. The van der Waals surface area contributed by atoms with Crippen molar-refractivity contribution in [3.05, 3.63) is 16.3 Å². The molecule has 0 bridgehead atoms. The third kappa shape index (κ3) is 1.51. The van der Waals surface area contributed by atoms with E-state index in [1.165, 1.54) is 0 Å². The number of hydrogen-bond acceptors (Lipinski definition) is 4. The van der Waals surface area contributed by atoms with Crippen LogP contribution in [0.15, 0.2) is 0 Å². The molecule has 2 rings (SSSR count). The molecule has 0 aliphatic rings. The molecule has 2 aromatic rings. The first-order chi connectivity index (χ1) is 7.56. The van der Waals surface area contributed by atoms with Gasteiger partial charge in [-0.3, -0.25) is 0 Å². The van der Waals surface area contributed by atoms with E-state index in [2.05, 4.69) is 4.98 Å². The number of hydrogen-bond donors (Lipinski definition) is 0. The number of ether oxygens (including phenoxy) is 1. The Hall–Kier alpha value is -1.36. The van der Waals surface area contributed by atoms with Crippen LogP contribution < -0.4 is 0 Å². The molecule has 5 heteroatoms. The first kappa shape index (κ1) is 11.1. The summed E-state index contributed by atoms with van der Waals surface area (Å²) in [6.45, 7) is 6.08. The smallest absolute Gasteiger partial charge is 0.355 e. The van der Waals surface area contributed by atoms with Crippen LogP contribution in [-0.2, 0) is 11.8 Å². The average molecular weight is 238 g/mol. The lowest BCUT2D eigenvalue weighted by Gasteiger charge is -2.04. The van der Waals surface area contributed by atoms with Crippen LogP contribution in [0.5, 0.6) is 0 Å². The van der Waals surface area contributed by atoms with Gasteiger partial charge in [-0.2, -0.15) is 0 Å². The highest BCUT2D eigenvalue weighted by Crippen LogP contribution is 2.29. The SMILES string of the molecule is CCOC(=O)c1c(C)c2nc(C)sc2n1C. The van der Waals surface area contributed by atoms with E-state index in [4.69, 9.17) is 4.74 Å². The lowest BCUT2D eigenvalue weighted by Crippen LogP contribution is -2.11. The van der Waals surface area contributed by atoms with E-state index >= 15 is 0 Å². The van der Waals surface area contributed by atoms with E-state index in [-0.39, 0.29) is 5.97 Å². The molecule has 0 fully saturated rings. The Kier molecular flexibility index (Phi) is 2.71. The summed E-state index contributed by atoms with van der Waals surface area (Å²) < 4.78 is 6.90.